The number of benzene rings is 1. The fourth-order valence-electron chi connectivity index (χ4n) is 1.86. The Labute approximate surface area is 104 Å². The molecule has 1 rings (SSSR count). The molecule has 94 valence electrons. The zero-order chi connectivity index (χ0) is 13.1. The summed E-state index contributed by atoms with van der Waals surface area (Å²) in [6.45, 7) is 10.7. The van der Waals surface area contributed by atoms with E-state index in [1.807, 2.05) is 30.3 Å². The number of carbonyl (C=O) groups is 1. The van der Waals surface area contributed by atoms with Gasteiger partial charge in [0.2, 0.25) is 0 Å². The molecule has 0 unspecified atom stereocenters. The van der Waals surface area contributed by atoms with Gasteiger partial charge in [-0.1, -0.05) is 45.9 Å². The molecule has 1 N–H and O–H groups in total. The van der Waals surface area contributed by atoms with Crippen LogP contribution >= 0.6 is 0 Å². The Morgan fingerprint density at radius 1 is 1.06 bits per heavy atom. The quantitative estimate of drug-likeness (QED) is 0.847. The standard InChI is InChI=1S/C15H23NO/c1-11(2)15(5,12(3)4)16-14(17)13-9-7-6-8-10-13/h6-12H,1-5H3,(H,16,17). The fraction of sp³-hybridized carbons (Fsp3) is 0.533. The molecule has 0 aromatic heterocycles. The van der Waals surface area contributed by atoms with Crippen molar-refractivity contribution in [1.82, 2.24) is 5.32 Å². The molecule has 0 saturated heterocycles. The number of nitrogens with one attached hydrogen (secondary N) is 1. The van der Waals surface area contributed by atoms with E-state index in [1.165, 1.54) is 0 Å². The van der Waals surface area contributed by atoms with Crippen molar-refractivity contribution in [2.75, 3.05) is 0 Å². The Morgan fingerprint density at radius 2 is 1.53 bits per heavy atom. The van der Waals surface area contributed by atoms with Crippen LogP contribution in [0, 0.1) is 11.8 Å². The predicted octanol–water partition coefficient (Wildman–Crippen LogP) is 3.49. The molecule has 17 heavy (non-hydrogen) atoms. The molecule has 0 radical (unpaired) electrons. The van der Waals surface area contributed by atoms with Crippen LogP contribution < -0.4 is 5.32 Å². The first-order chi connectivity index (χ1) is 7.88. The summed E-state index contributed by atoms with van der Waals surface area (Å²) in [7, 11) is 0. The van der Waals surface area contributed by atoms with Gasteiger partial charge >= 0.3 is 0 Å². The van der Waals surface area contributed by atoms with E-state index in [1.54, 1.807) is 0 Å². The first kappa shape index (κ1) is 13.8. The van der Waals surface area contributed by atoms with Crippen LogP contribution in [-0.2, 0) is 0 Å². The molecule has 2 nitrogen and oxygen atoms in total. The summed E-state index contributed by atoms with van der Waals surface area (Å²) in [5, 5.41) is 3.17. The number of hydrogen-bond acceptors (Lipinski definition) is 1. The summed E-state index contributed by atoms with van der Waals surface area (Å²) in [5.41, 5.74) is 0.549. The van der Waals surface area contributed by atoms with E-state index < -0.39 is 0 Å². The van der Waals surface area contributed by atoms with Crippen molar-refractivity contribution in [3.63, 3.8) is 0 Å². The lowest BCUT2D eigenvalue weighted by atomic mass is 9.78. The summed E-state index contributed by atoms with van der Waals surface area (Å²) in [6, 6.07) is 9.38. The van der Waals surface area contributed by atoms with Gasteiger partial charge in [-0.15, -0.1) is 0 Å². The van der Waals surface area contributed by atoms with Gasteiger partial charge in [-0.05, 0) is 30.9 Å². The van der Waals surface area contributed by atoms with Crippen LogP contribution in [0.25, 0.3) is 0 Å². The van der Waals surface area contributed by atoms with E-state index in [4.69, 9.17) is 0 Å². The molecule has 0 heterocycles. The third-order valence-electron chi connectivity index (χ3n) is 3.82. The maximum atomic E-state index is 12.2. The molecular formula is C15H23NO. The molecule has 0 bridgehead atoms. The topological polar surface area (TPSA) is 29.1 Å². The molecule has 0 aliphatic heterocycles. The van der Waals surface area contributed by atoms with Crippen molar-refractivity contribution in [2.24, 2.45) is 11.8 Å². The minimum absolute atomic E-state index is 0.00972. The SMILES string of the molecule is CC(C)C(C)(NC(=O)c1ccccc1)C(C)C. The molecule has 0 atom stereocenters. The smallest absolute Gasteiger partial charge is 0.251 e. The second-order valence-electron chi connectivity index (χ2n) is 5.41. The molecule has 2 heteroatoms. The molecule has 1 aromatic carbocycles. The number of amides is 1. The van der Waals surface area contributed by atoms with Crippen LogP contribution in [0.3, 0.4) is 0 Å². The van der Waals surface area contributed by atoms with Crippen molar-refractivity contribution in [1.29, 1.82) is 0 Å². The maximum absolute atomic E-state index is 12.2. The van der Waals surface area contributed by atoms with E-state index >= 15 is 0 Å². The summed E-state index contributed by atoms with van der Waals surface area (Å²) in [6.07, 6.45) is 0. The first-order valence-corrected chi connectivity index (χ1v) is 6.25. The van der Waals surface area contributed by atoms with Gasteiger partial charge in [0.15, 0.2) is 0 Å². The van der Waals surface area contributed by atoms with Crippen LogP contribution in [0.15, 0.2) is 30.3 Å². The largest absolute Gasteiger partial charge is 0.346 e. The summed E-state index contributed by atoms with van der Waals surface area (Å²) in [4.78, 5) is 12.2. The van der Waals surface area contributed by atoms with E-state index in [2.05, 4.69) is 39.9 Å². The number of rotatable bonds is 4. The molecule has 1 amide bonds. The van der Waals surface area contributed by atoms with Crippen LogP contribution in [0.5, 0.6) is 0 Å². The third kappa shape index (κ3) is 3.09. The lowest BCUT2D eigenvalue weighted by molar-refractivity contribution is 0.0829. The minimum atomic E-state index is -0.174. The van der Waals surface area contributed by atoms with Gasteiger partial charge in [0.05, 0.1) is 0 Å². The highest BCUT2D eigenvalue weighted by molar-refractivity contribution is 5.94. The Bertz CT molecular complexity index is 360. The van der Waals surface area contributed by atoms with E-state index in [0.29, 0.717) is 11.8 Å². The average Bonchev–Trinajstić information content (AvgIpc) is 2.29. The highest BCUT2D eigenvalue weighted by atomic mass is 16.1. The number of carbonyl (C=O) groups excluding carboxylic acids is 1. The zero-order valence-corrected chi connectivity index (χ0v) is 11.4. The van der Waals surface area contributed by atoms with E-state index in [-0.39, 0.29) is 11.4 Å². The van der Waals surface area contributed by atoms with Gasteiger partial charge in [0, 0.05) is 11.1 Å². The zero-order valence-electron chi connectivity index (χ0n) is 11.4. The lowest BCUT2D eigenvalue weighted by Gasteiger charge is -2.38. The van der Waals surface area contributed by atoms with Crippen molar-refractivity contribution >= 4 is 5.91 Å². The maximum Gasteiger partial charge on any atom is 0.251 e. The van der Waals surface area contributed by atoms with Gasteiger partial charge in [0.1, 0.15) is 0 Å². The molecular weight excluding hydrogens is 210 g/mol. The molecule has 0 aliphatic carbocycles. The van der Waals surface area contributed by atoms with Crippen molar-refractivity contribution in [3.05, 3.63) is 35.9 Å². The van der Waals surface area contributed by atoms with Gasteiger partial charge < -0.3 is 5.32 Å². The molecule has 0 spiro atoms. The lowest BCUT2D eigenvalue weighted by Crippen LogP contribution is -2.53. The Balaban J connectivity index is 2.86. The normalized spacial score (nSPS) is 11.9. The predicted molar refractivity (Wildman–Crippen MR) is 72.0 cm³/mol. The monoisotopic (exact) mass is 233 g/mol. The number of hydrogen-bond donors (Lipinski definition) is 1. The Morgan fingerprint density at radius 3 is 1.94 bits per heavy atom. The van der Waals surface area contributed by atoms with Gasteiger partial charge in [0.25, 0.3) is 5.91 Å². The van der Waals surface area contributed by atoms with Crippen LogP contribution in [0.1, 0.15) is 45.0 Å². The van der Waals surface area contributed by atoms with Gasteiger partial charge in [-0.3, -0.25) is 4.79 Å². The second kappa shape index (κ2) is 5.35. The van der Waals surface area contributed by atoms with Crippen molar-refractivity contribution in [3.8, 4) is 0 Å². The third-order valence-corrected chi connectivity index (χ3v) is 3.82. The van der Waals surface area contributed by atoms with Crippen molar-refractivity contribution in [2.45, 2.75) is 40.2 Å². The van der Waals surface area contributed by atoms with Crippen LogP contribution in [0.4, 0.5) is 0 Å². The molecule has 0 saturated carbocycles. The van der Waals surface area contributed by atoms with E-state index in [0.717, 1.165) is 5.56 Å². The summed E-state index contributed by atoms with van der Waals surface area (Å²) >= 11 is 0. The van der Waals surface area contributed by atoms with Gasteiger partial charge in [-0.2, -0.15) is 0 Å². The van der Waals surface area contributed by atoms with Crippen molar-refractivity contribution < 1.29 is 4.79 Å². The van der Waals surface area contributed by atoms with Crippen LogP contribution in [0.2, 0.25) is 0 Å². The van der Waals surface area contributed by atoms with E-state index in [9.17, 15) is 4.79 Å². The highest BCUT2D eigenvalue weighted by Gasteiger charge is 2.33. The summed E-state index contributed by atoms with van der Waals surface area (Å²) in [5.74, 6) is 0.806. The second-order valence-corrected chi connectivity index (χ2v) is 5.41. The van der Waals surface area contributed by atoms with Gasteiger partial charge in [-0.25, -0.2) is 0 Å². The van der Waals surface area contributed by atoms with Crippen LogP contribution in [-0.4, -0.2) is 11.4 Å². The molecule has 1 aromatic rings. The summed E-state index contributed by atoms with van der Waals surface area (Å²) < 4.78 is 0. The first-order valence-electron chi connectivity index (χ1n) is 6.25. The fourth-order valence-corrected chi connectivity index (χ4v) is 1.86. The Hall–Kier alpha value is -1.31. The molecule has 0 fully saturated rings. The molecule has 0 aliphatic rings. The average molecular weight is 233 g/mol. The highest BCUT2D eigenvalue weighted by Crippen LogP contribution is 2.25. The Kier molecular flexibility index (Phi) is 4.33. The minimum Gasteiger partial charge on any atom is -0.346 e.